The summed E-state index contributed by atoms with van der Waals surface area (Å²) in [4.78, 5) is 28.2. The predicted octanol–water partition coefficient (Wildman–Crippen LogP) is 6.35. The predicted molar refractivity (Wildman–Crippen MR) is 154 cm³/mol. The van der Waals surface area contributed by atoms with Gasteiger partial charge in [-0.2, -0.15) is 5.26 Å². The van der Waals surface area contributed by atoms with Crippen molar-refractivity contribution in [1.82, 2.24) is 14.9 Å². The van der Waals surface area contributed by atoms with Gasteiger partial charge in [-0.3, -0.25) is 0 Å². The van der Waals surface area contributed by atoms with Crippen molar-refractivity contribution in [3.63, 3.8) is 0 Å². The topological polar surface area (TPSA) is 98.7 Å². The molecular weight excluding hydrogens is 531 g/mol. The van der Waals surface area contributed by atoms with Crippen LogP contribution in [0.4, 0.5) is 25.7 Å². The van der Waals surface area contributed by atoms with Crippen LogP contribution in [-0.2, 0) is 11.2 Å². The fourth-order valence-corrected chi connectivity index (χ4v) is 5.54. The monoisotopic (exact) mass is 562 g/mol. The summed E-state index contributed by atoms with van der Waals surface area (Å²) in [5.41, 5.74) is 2.94. The van der Waals surface area contributed by atoms with Gasteiger partial charge in [0.15, 0.2) is 5.13 Å². The zero-order valence-corrected chi connectivity index (χ0v) is 24.0. The third-order valence-corrected chi connectivity index (χ3v) is 7.69. The van der Waals surface area contributed by atoms with Crippen LogP contribution in [0.5, 0.6) is 0 Å². The van der Waals surface area contributed by atoms with Gasteiger partial charge in [0, 0.05) is 45.2 Å². The number of ether oxygens (including phenoxy) is 1. The van der Waals surface area contributed by atoms with Crippen molar-refractivity contribution in [3.8, 4) is 17.3 Å². The summed E-state index contributed by atoms with van der Waals surface area (Å²) in [5, 5.41) is 11.2. The van der Waals surface area contributed by atoms with Crippen molar-refractivity contribution in [1.29, 1.82) is 5.26 Å². The number of carbonyl (C=O) groups is 1. The van der Waals surface area contributed by atoms with E-state index in [1.807, 2.05) is 39.6 Å². The van der Waals surface area contributed by atoms with E-state index in [0.717, 1.165) is 22.5 Å². The van der Waals surface area contributed by atoms with E-state index in [9.17, 15) is 14.4 Å². The molecule has 0 aliphatic carbocycles. The number of thiazole rings is 1. The molecule has 3 aromatic heterocycles. The van der Waals surface area contributed by atoms with Crippen LogP contribution in [-0.4, -0.2) is 59.8 Å². The molecule has 208 valence electrons. The Labute approximate surface area is 236 Å². The summed E-state index contributed by atoms with van der Waals surface area (Å²) in [6.07, 6.45) is 2.13. The molecule has 0 radical (unpaired) electrons. The third-order valence-electron chi connectivity index (χ3n) is 6.65. The molecule has 0 saturated carbocycles. The number of anilines is 3. The van der Waals surface area contributed by atoms with Gasteiger partial charge in [0.25, 0.3) is 0 Å². The minimum absolute atomic E-state index is 0.299. The van der Waals surface area contributed by atoms with Crippen LogP contribution in [0.1, 0.15) is 38.3 Å². The Bertz CT molecular complexity index is 1580. The zero-order chi connectivity index (χ0) is 28.6. The van der Waals surface area contributed by atoms with Gasteiger partial charge >= 0.3 is 6.09 Å². The summed E-state index contributed by atoms with van der Waals surface area (Å²) in [7, 11) is 1.89. The highest BCUT2D eigenvalue weighted by Gasteiger charge is 2.28. The number of hydrogen-bond acceptors (Lipinski definition) is 9. The molecule has 0 bridgehead atoms. The van der Waals surface area contributed by atoms with Gasteiger partial charge in [0.2, 0.25) is 5.71 Å². The van der Waals surface area contributed by atoms with E-state index >= 15 is 0 Å². The summed E-state index contributed by atoms with van der Waals surface area (Å²) >= 11 is 1.27. The fraction of sp³-hybridized carbons (Fsp3) is 0.379. The highest BCUT2D eigenvalue weighted by atomic mass is 32.1. The number of amides is 1. The van der Waals surface area contributed by atoms with Gasteiger partial charge in [0.05, 0.1) is 23.0 Å². The minimum atomic E-state index is -0.533. The number of nitriles is 1. The fourth-order valence-electron chi connectivity index (χ4n) is 4.69. The molecule has 1 fully saturated rings. The zero-order valence-electron chi connectivity index (χ0n) is 23.2. The van der Waals surface area contributed by atoms with Crippen molar-refractivity contribution in [2.24, 2.45) is 0 Å². The van der Waals surface area contributed by atoms with Gasteiger partial charge in [-0.05, 0) is 51.1 Å². The quantitative estimate of drug-likeness (QED) is 0.278. The number of piperazine rings is 1. The summed E-state index contributed by atoms with van der Waals surface area (Å²) in [6.45, 7) is 10.00. The highest BCUT2D eigenvalue weighted by molar-refractivity contribution is 7.16. The van der Waals surface area contributed by atoms with E-state index in [1.165, 1.54) is 23.5 Å². The van der Waals surface area contributed by atoms with Crippen LogP contribution in [0.25, 0.3) is 22.4 Å². The Balaban J connectivity index is 1.43. The average molecular weight is 563 g/mol. The number of aryl methyl sites for hydroxylation is 1. The van der Waals surface area contributed by atoms with Gasteiger partial charge in [-0.1, -0.05) is 18.3 Å². The Morgan fingerprint density at radius 2 is 1.93 bits per heavy atom. The molecule has 9 nitrogen and oxygen atoms in total. The number of carbonyl (C=O) groups excluding carboxylic acids is 1. The third kappa shape index (κ3) is 5.45. The molecule has 0 N–H and O–H groups in total. The number of fused-ring (bicyclic) bond motifs is 1. The molecule has 1 aromatic carbocycles. The second-order valence-electron chi connectivity index (χ2n) is 10.6. The SMILES string of the molecule is CCc1oc2ncc(N3CCN(C(=O)OC(C)(C)C)CC3)cc2c1N(C)c1nc(-c2ccc(F)cc2)c(C#N)s1. The maximum Gasteiger partial charge on any atom is 0.410 e. The molecular formula is C29H31FN6O3S. The molecule has 40 heavy (non-hydrogen) atoms. The van der Waals surface area contributed by atoms with Crippen molar-refractivity contribution in [2.75, 3.05) is 43.0 Å². The Kier molecular flexibility index (Phi) is 7.38. The molecule has 1 saturated heterocycles. The second kappa shape index (κ2) is 10.8. The smallest absolute Gasteiger partial charge is 0.410 e. The van der Waals surface area contributed by atoms with Gasteiger partial charge in [-0.15, -0.1) is 0 Å². The average Bonchev–Trinajstić information content (AvgIpc) is 3.53. The Hall–Kier alpha value is -4.17. The summed E-state index contributed by atoms with van der Waals surface area (Å²) in [5.74, 6) is 0.413. The standard InChI is InChI=1S/C29H31FN6O3S/c1-6-22-25(34(5)27-33-24(23(16-31)40-27)18-7-9-19(30)10-8-18)21-15-20(17-32-26(21)38-22)35-11-13-36(14-12-35)28(37)39-29(2,3)4/h7-10,15,17H,6,11-14H2,1-5H3. The lowest BCUT2D eigenvalue weighted by atomic mass is 10.1. The van der Waals surface area contributed by atoms with Crippen molar-refractivity contribution < 1.29 is 18.3 Å². The van der Waals surface area contributed by atoms with E-state index in [-0.39, 0.29) is 11.9 Å². The van der Waals surface area contributed by atoms with Gasteiger partial charge in [-0.25, -0.2) is 19.2 Å². The lowest BCUT2D eigenvalue weighted by Crippen LogP contribution is -2.50. The first-order valence-corrected chi connectivity index (χ1v) is 13.9. The van der Waals surface area contributed by atoms with Crippen LogP contribution in [0.2, 0.25) is 0 Å². The van der Waals surface area contributed by atoms with Crippen LogP contribution >= 0.6 is 11.3 Å². The lowest BCUT2D eigenvalue weighted by Gasteiger charge is -2.36. The number of pyridine rings is 1. The first-order valence-electron chi connectivity index (χ1n) is 13.1. The lowest BCUT2D eigenvalue weighted by molar-refractivity contribution is 0.0240. The van der Waals surface area contributed by atoms with Crippen LogP contribution in [0.3, 0.4) is 0 Å². The molecule has 1 amide bonds. The summed E-state index contributed by atoms with van der Waals surface area (Å²) in [6, 6.07) is 10.2. The number of hydrogen-bond donors (Lipinski definition) is 0. The van der Waals surface area contributed by atoms with E-state index in [1.54, 1.807) is 23.2 Å². The van der Waals surface area contributed by atoms with E-state index in [4.69, 9.17) is 14.1 Å². The molecule has 4 heterocycles. The number of benzene rings is 1. The summed E-state index contributed by atoms with van der Waals surface area (Å²) < 4.78 is 25.1. The first kappa shape index (κ1) is 27.4. The number of furan rings is 1. The Morgan fingerprint density at radius 1 is 1.23 bits per heavy atom. The van der Waals surface area contributed by atoms with Crippen molar-refractivity contribution in [3.05, 3.63) is 53.0 Å². The molecule has 0 spiro atoms. The number of nitrogens with zero attached hydrogens (tertiary/aromatic N) is 6. The second-order valence-corrected chi connectivity index (χ2v) is 11.6. The normalized spacial score (nSPS) is 13.9. The molecule has 11 heteroatoms. The van der Waals surface area contributed by atoms with E-state index in [2.05, 4.69) is 22.0 Å². The molecule has 5 rings (SSSR count). The number of aromatic nitrogens is 2. The maximum atomic E-state index is 13.5. The maximum absolute atomic E-state index is 13.5. The largest absolute Gasteiger partial charge is 0.444 e. The molecule has 4 aromatic rings. The van der Waals surface area contributed by atoms with Gasteiger partial charge < -0.3 is 23.9 Å². The van der Waals surface area contributed by atoms with E-state index in [0.29, 0.717) is 59.6 Å². The first-order chi connectivity index (χ1) is 19.1. The number of rotatable bonds is 5. The van der Waals surface area contributed by atoms with Crippen molar-refractivity contribution >= 4 is 45.0 Å². The van der Waals surface area contributed by atoms with Gasteiger partial charge in [0.1, 0.15) is 33.8 Å². The molecule has 0 unspecified atom stereocenters. The Morgan fingerprint density at radius 3 is 2.55 bits per heavy atom. The van der Waals surface area contributed by atoms with Crippen LogP contribution < -0.4 is 9.80 Å². The molecule has 1 aliphatic rings. The minimum Gasteiger partial charge on any atom is -0.444 e. The van der Waals surface area contributed by atoms with Crippen LogP contribution in [0.15, 0.2) is 40.9 Å². The van der Waals surface area contributed by atoms with E-state index < -0.39 is 5.60 Å². The highest BCUT2D eigenvalue weighted by Crippen LogP contribution is 2.41. The molecule has 1 aliphatic heterocycles. The van der Waals surface area contributed by atoms with Crippen molar-refractivity contribution in [2.45, 2.75) is 39.7 Å². The van der Waals surface area contributed by atoms with Crippen LogP contribution in [0, 0.1) is 17.1 Å². The number of halogens is 1. The molecule has 0 atom stereocenters.